The van der Waals surface area contributed by atoms with E-state index in [0.29, 0.717) is 36.7 Å². The fraction of sp³-hybridized carbons (Fsp3) is 0.600. The molecule has 4 nitrogen and oxygen atoms in total. The minimum atomic E-state index is -2.49. The molecule has 0 radical (unpaired) electrons. The molecular formula is C15H20F2N2O2. The molecule has 1 aromatic rings. The number of nitrogens with one attached hydrogen (secondary N) is 1. The highest BCUT2D eigenvalue weighted by atomic mass is 19.3. The Morgan fingerprint density at radius 1 is 1.10 bits per heavy atom. The van der Waals surface area contributed by atoms with Crippen molar-refractivity contribution < 1.29 is 18.3 Å². The first-order valence-electron chi connectivity index (χ1n) is 7.37. The van der Waals surface area contributed by atoms with E-state index in [9.17, 15) is 8.78 Å². The highest BCUT2D eigenvalue weighted by molar-refractivity contribution is 5.48. The van der Waals surface area contributed by atoms with E-state index in [1.165, 1.54) is 6.07 Å². The summed E-state index contributed by atoms with van der Waals surface area (Å²) in [6, 6.07) is 3.16. The summed E-state index contributed by atoms with van der Waals surface area (Å²) in [5, 5.41) is 3.29. The van der Waals surface area contributed by atoms with Crippen LogP contribution in [0, 0.1) is 0 Å². The van der Waals surface area contributed by atoms with Gasteiger partial charge in [-0.1, -0.05) is 0 Å². The molecule has 2 heterocycles. The fourth-order valence-electron chi connectivity index (χ4n) is 2.78. The minimum absolute atomic E-state index is 0.0642. The summed E-state index contributed by atoms with van der Waals surface area (Å²) in [5.41, 5.74) is 0.724. The second-order valence-corrected chi connectivity index (χ2v) is 5.34. The summed E-state index contributed by atoms with van der Waals surface area (Å²) < 4.78 is 37.4. The van der Waals surface area contributed by atoms with Crippen molar-refractivity contribution in [3.05, 3.63) is 23.3 Å². The van der Waals surface area contributed by atoms with Crippen molar-refractivity contribution in [3.8, 4) is 11.5 Å². The van der Waals surface area contributed by atoms with E-state index in [1.807, 2.05) is 0 Å². The molecule has 1 fully saturated rings. The van der Waals surface area contributed by atoms with E-state index in [2.05, 4.69) is 10.2 Å². The van der Waals surface area contributed by atoms with E-state index >= 15 is 0 Å². The average molecular weight is 298 g/mol. The zero-order valence-corrected chi connectivity index (χ0v) is 11.9. The van der Waals surface area contributed by atoms with Gasteiger partial charge < -0.3 is 19.7 Å². The first-order valence-corrected chi connectivity index (χ1v) is 7.37. The molecule has 21 heavy (non-hydrogen) atoms. The van der Waals surface area contributed by atoms with Crippen LogP contribution < -0.4 is 14.8 Å². The average Bonchev–Trinajstić information content (AvgIpc) is 2.53. The van der Waals surface area contributed by atoms with Gasteiger partial charge in [0.05, 0.1) is 0 Å². The van der Waals surface area contributed by atoms with E-state index in [-0.39, 0.29) is 5.56 Å². The molecule has 2 aliphatic heterocycles. The maximum atomic E-state index is 13.2. The minimum Gasteiger partial charge on any atom is -0.486 e. The molecule has 0 spiro atoms. The molecule has 1 saturated heterocycles. The summed E-state index contributed by atoms with van der Waals surface area (Å²) in [6.45, 7) is 5.53. The van der Waals surface area contributed by atoms with Crippen molar-refractivity contribution in [3.63, 3.8) is 0 Å². The molecule has 2 aliphatic rings. The van der Waals surface area contributed by atoms with Gasteiger partial charge in [0.2, 0.25) is 0 Å². The topological polar surface area (TPSA) is 33.7 Å². The lowest BCUT2D eigenvalue weighted by molar-refractivity contribution is 0.145. The zero-order valence-electron chi connectivity index (χ0n) is 11.9. The molecule has 3 rings (SSSR count). The third-order valence-electron chi connectivity index (χ3n) is 3.95. The molecule has 0 unspecified atom stereocenters. The Morgan fingerprint density at radius 3 is 2.43 bits per heavy atom. The van der Waals surface area contributed by atoms with Gasteiger partial charge in [-0.15, -0.1) is 0 Å². The largest absolute Gasteiger partial charge is 0.486 e. The standard InChI is InChI=1S/C15H20F2N2O2/c16-15(17)12-10-14-13(20-7-8-21-14)9-11(12)1-4-19-5-2-18-3-6-19/h9-10,15,18H,1-8H2. The fourth-order valence-corrected chi connectivity index (χ4v) is 2.78. The number of hydrogen-bond acceptors (Lipinski definition) is 4. The smallest absolute Gasteiger partial charge is 0.264 e. The van der Waals surface area contributed by atoms with Crippen LogP contribution in [0.2, 0.25) is 0 Å². The van der Waals surface area contributed by atoms with Crippen LogP contribution in [-0.4, -0.2) is 50.8 Å². The van der Waals surface area contributed by atoms with Crippen LogP contribution in [0.4, 0.5) is 8.78 Å². The highest BCUT2D eigenvalue weighted by Crippen LogP contribution is 2.37. The number of halogens is 2. The summed E-state index contributed by atoms with van der Waals surface area (Å²) in [6.07, 6.45) is -1.88. The predicted octanol–water partition coefficient (Wildman–Crippen LogP) is 1.84. The molecule has 1 N–H and O–H groups in total. The number of alkyl halides is 2. The second kappa shape index (κ2) is 6.58. The van der Waals surface area contributed by atoms with E-state index < -0.39 is 6.43 Å². The lowest BCUT2D eigenvalue weighted by Gasteiger charge is -2.28. The zero-order chi connectivity index (χ0) is 14.7. The van der Waals surface area contributed by atoms with Gasteiger partial charge in [-0.25, -0.2) is 8.78 Å². The van der Waals surface area contributed by atoms with Crippen molar-refractivity contribution in [1.82, 2.24) is 10.2 Å². The summed E-state index contributed by atoms with van der Waals surface area (Å²) in [5.74, 6) is 1.02. The number of benzene rings is 1. The number of rotatable bonds is 4. The third kappa shape index (κ3) is 3.44. The highest BCUT2D eigenvalue weighted by Gasteiger charge is 2.21. The maximum Gasteiger partial charge on any atom is 0.264 e. The molecule has 6 heteroatoms. The van der Waals surface area contributed by atoms with Gasteiger partial charge in [0, 0.05) is 38.3 Å². The Hall–Kier alpha value is -1.40. The molecule has 0 atom stereocenters. The normalized spacial score (nSPS) is 19.0. The van der Waals surface area contributed by atoms with Gasteiger partial charge in [0.15, 0.2) is 11.5 Å². The molecule has 0 aliphatic carbocycles. The van der Waals surface area contributed by atoms with E-state index in [4.69, 9.17) is 9.47 Å². The van der Waals surface area contributed by atoms with Gasteiger partial charge in [-0.05, 0) is 24.1 Å². The summed E-state index contributed by atoms with van der Waals surface area (Å²) >= 11 is 0. The second-order valence-electron chi connectivity index (χ2n) is 5.34. The summed E-state index contributed by atoms with van der Waals surface area (Å²) in [4.78, 5) is 2.29. The monoisotopic (exact) mass is 298 g/mol. The van der Waals surface area contributed by atoms with Crippen LogP contribution in [0.25, 0.3) is 0 Å². The Labute approximate surface area is 123 Å². The molecule has 0 bridgehead atoms. The number of nitrogens with zero attached hydrogens (tertiary/aromatic N) is 1. The first kappa shape index (κ1) is 14.5. The number of hydrogen-bond donors (Lipinski definition) is 1. The van der Waals surface area contributed by atoms with E-state index in [1.54, 1.807) is 6.07 Å². The third-order valence-corrected chi connectivity index (χ3v) is 3.95. The summed E-state index contributed by atoms with van der Waals surface area (Å²) in [7, 11) is 0. The van der Waals surface area contributed by atoms with Gasteiger partial charge >= 0.3 is 0 Å². The van der Waals surface area contributed by atoms with Gasteiger partial charge in [0.25, 0.3) is 6.43 Å². The van der Waals surface area contributed by atoms with Crippen molar-refractivity contribution in [2.24, 2.45) is 0 Å². The Balaban J connectivity index is 1.75. The van der Waals surface area contributed by atoms with Crippen molar-refractivity contribution in [1.29, 1.82) is 0 Å². The lowest BCUT2D eigenvalue weighted by Crippen LogP contribution is -2.44. The molecule has 0 amide bonds. The van der Waals surface area contributed by atoms with Crippen LogP contribution in [0.5, 0.6) is 11.5 Å². The SMILES string of the molecule is FC(F)c1cc2c(cc1CCN1CCNCC1)OCCO2. The molecule has 0 saturated carbocycles. The van der Waals surface area contributed by atoms with Crippen LogP contribution in [-0.2, 0) is 6.42 Å². The Morgan fingerprint density at radius 2 is 1.76 bits per heavy atom. The molecule has 0 aromatic heterocycles. The number of piperazine rings is 1. The first-order chi connectivity index (χ1) is 10.2. The molecule has 116 valence electrons. The Bertz CT molecular complexity index is 491. The van der Waals surface area contributed by atoms with Crippen LogP contribution in [0.3, 0.4) is 0 Å². The van der Waals surface area contributed by atoms with Gasteiger partial charge in [-0.3, -0.25) is 0 Å². The number of fused-ring (bicyclic) bond motifs is 1. The predicted molar refractivity (Wildman–Crippen MR) is 75.4 cm³/mol. The Kier molecular flexibility index (Phi) is 4.55. The lowest BCUT2D eigenvalue weighted by atomic mass is 10.0. The van der Waals surface area contributed by atoms with Crippen molar-refractivity contribution >= 4 is 0 Å². The van der Waals surface area contributed by atoms with Crippen LogP contribution in [0.15, 0.2) is 12.1 Å². The molecular weight excluding hydrogens is 278 g/mol. The van der Waals surface area contributed by atoms with Crippen molar-refractivity contribution in [2.45, 2.75) is 12.8 Å². The number of ether oxygens (including phenoxy) is 2. The van der Waals surface area contributed by atoms with Crippen LogP contribution in [0.1, 0.15) is 17.6 Å². The van der Waals surface area contributed by atoms with E-state index in [0.717, 1.165) is 32.7 Å². The van der Waals surface area contributed by atoms with Gasteiger partial charge in [-0.2, -0.15) is 0 Å². The quantitative estimate of drug-likeness (QED) is 0.920. The molecule has 1 aromatic carbocycles. The van der Waals surface area contributed by atoms with Crippen molar-refractivity contribution in [2.75, 3.05) is 45.9 Å². The van der Waals surface area contributed by atoms with Gasteiger partial charge in [0.1, 0.15) is 13.2 Å². The maximum absolute atomic E-state index is 13.2. The van der Waals surface area contributed by atoms with Crippen LogP contribution >= 0.6 is 0 Å².